The molecule has 2 aliphatic heterocycles. The minimum Gasteiger partial charge on any atom is -0.392 e. The largest absolute Gasteiger partial charge is 0.392 e. The van der Waals surface area contributed by atoms with Crippen LogP contribution in [-0.4, -0.2) is 72.5 Å². The number of sulfone groups is 1. The van der Waals surface area contributed by atoms with Gasteiger partial charge in [0.1, 0.15) is 0 Å². The second kappa shape index (κ2) is 6.94. The first-order valence-electron chi connectivity index (χ1n) is 9.38. The minimum absolute atomic E-state index is 0.0000737. The van der Waals surface area contributed by atoms with Crippen molar-refractivity contribution in [2.24, 2.45) is 5.92 Å². The van der Waals surface area contributed by atoms with E-state index in [-0.39, 0.29) is 42.5 Å². The molecule has 142 valence electrons. The molecule has 2 saturated heterocycles. The maximum absolute atomic E-state index is 12.9. The van der Waals surface area contributed by atoms with Gasteiger partial charge in [-0.1, -0.05) is 24.3 Å². The molecule has 0 bridgehead atoms. The molecule has 1 aliphatic carbocycles. The third-order valence-corrected chi connectivity index (χ3v) is 7.56. The molecule has 0 spiro atoms. The SMILES string of the molecule is O=C(Cc1ccc(CO)cc1)N1CCN(CC2CC2)[C@@H]2CS(=O)(=O)C[C@@H]21. The van der Waals surface area contributed by atoms with Crippen molar-refractivity contribution < 1.29 is 18.3 Å². The van der Waals surface area contributed by atoms with Crippen molar-refractivity contribution in [1.82, 2.24) is 9.80 Å². The molecule has 1 amide bonds. The highest BCUT2D eigenvalue weighted by molar-refractivity contribution is 7.91. The quantitative estimate of drug-likeness (QED) is 0.805. The van der Waals surface area contributed by atoms with Crippen LogP contribution in [0.3, 0.4) is 0 Å². The number of piperazine rings is 1. The van der Waals surface area contributed by atoms with Crippen molar-refractivity contribution in [1.29, 1.82) is 0 Å². The Morgan fingerprint density at radius 1 is 1.04 bits per heavy atom. The summed E-state index contributed by atoms with van der Waals surface area (Å²) < 4.78 is 24.5. The molecule has 3 aliphatic rings. The Hall–Kier alpha value is -1.44. The second-order valence-corrected chi connectivity index (χ2v) is 10.0. The fraction of sp³-hybridized carbons (Fsp3) is 0.632. The molecule has 1 aromatic rings. The van der Waals surface area contributed by atoms with Crippen molar-refractivity contribution >= 4 is 15.7 Å². The van der Waals surface area contributed by atoms with E-state index in [1.54, 1.807) is 4.90 Å². The van der Waals surface area contributed by atoms with E-state index < -0.39 is 9.84 Å². The van der Waals surface area contributed by atoms with Gasteiger partial charge in [0.2, 0.25) is 5.91 Å². The molecule has 3 fully saturated rings. The molecule has 26 heavy (non-hydrogen) atoms. The van der Waals surface area contributed by atoms with Crippen LogP contribution in [0.1, 0.15) is 24.0 Å². The second-order valence-electron chi connectivity index (χ2n) is 7.89. The smallest absolute Gasteiger partial charge is 0.227 e. The molecular weight excluding hydrogens is 352 g/mol. The van der Waals surface area contributed by atoms with Crippen molar-refractivity contribution in [3.8, 4) is 0 Å². The summed E-state index contributed by atoms with van der Waals surface area (Å²) in [4.78, 5) is 17.0. The van der Waals surface area contributed by atoms with Crippen LogP contribution in [0.2, 0.25) is 0 Å². The van der Waals surface area contributed by atoms with Crippen LogP contribution in [0.15, 0.2) is 24.3 Å². The Morgan fingerprint density at radius 3 is 2.35 bits per heavy atom. The van der Waals surface area contributed by atoms with E-state index in [1.807, 2.05) is 24.3 Å². The van der Waals surface area contributed by atoms with Crippen molar-refractivity contribution in [3.05, 3.63) is 35.4 Å². The van der Waals surface area contributed by atoms with Crippen LogP contribution in [0.5, 0.6) is 0 Å². The predicted octanol–water partition coefficient (Wildman–Crippen LogP) is 0.441. The Bertz CT molecular complexity index is 773. The highest BCUT2D eigenvalue weighted by Gasteiger charge is 2.48. The highest BCUT2D eigenvalue weighted by Crippen LogP contribution is 2.34. The number of nitrogens with zero attached hydrogens (tertiary/aromatic N) is 2. The highest BCUT2D eigenvalue weighted by atomic mass is 32.2. The predicted molar refractivity (Wildman–Crippen MR) is 98.3 cm³/mol. The minimum atomic E-state index is -3.09. The first kappa shape index (κ1) is 17.9. The summed E-state index contributed by atoms with van der Waals surface area (Å²) in [7, 11) is -3.09. The summed E-state index contributed by atoms with van der Waals surface area (Å²) in [6.07, 6.45) is 2.76. The number of carbonyl (C=O) groups is 1. The number of aliphatic hydroxyl groups excluding tert-OH is 1. The van der Waals surface area contributed by atoms with Crippen LogP contribution in [0.4, 0.5) is 0 Å². The number of hydrogen-bond acceptors (Lipinski definition) is 5. The van der Waals surface area contributed by atoms with Crippen LogP contribution in [0, 0.1) is 5.92 Å². The normalized spacial score (nSPS) is 28.1. The lowest BCUT2D eigenvalue weighted by Gasteiger charge is -2.44. The average molecular weight is 378 g/mol. The Balaban J connectivity index is 1.47. The van der Waals surface area contributed by atoms with E-state index in [1.165, 1.54) is 12.8 Å². The first-order valence-corrected chi connectivity index (χ1v) is 11.2. The summed E-state index contributed by atoms with van der Waals surface area (Å²) in [6, 6.07) is 7.09. The third kappa shape index (κ3) is 3.80. The lowest BCUT2D eigenvalue weighted by molar-refractivity contribution is -0.136. The van der Waals surface area contributed by atoms with Crippen LogP contribution < -0.4 is 0 Å². The molecule has 2 atom stereocenters. The average Bonchev–Trinajstić information content (AvgIpc) is 3.36. The number of aliphatic hydroxyl groups is 1. The Labute approximate surface area is 154 Å². The topological polar surface area (TPSA) is 77.9 Å². The Morgan fingerprint density at radius 2 is 1.69 bits per heavy atom. The maximum Gasteiger partial charge on any atom is 0.227 e. The molecule has 0 unspecified atom stereocenters. The molecule has 1 N–H and O–H groups in total. The van der Waals surface area contributed by atoms with E-state index in [9.17, 15) is 13.2 Å². The van der Waals surface area contributed by atoms with Gasteiger partial charge in [0.15, 0.2) is 9.84 Å². The fourth-order valence-corrected chi connectivity index (χ4v) is 6.24. The van der Waals surface area contributed by atoms with Crippen molar-refractivity contribution in [2.45, 2.75) is 38.0 Å². The van der Waals surface area contributed by atoms with Gasteiger partial charge in [-0.15, -0.1) is 0 Å². The maximum atomic E-state index is 12.9. The lowest BCUT2D eigenvalue weighted by Crippen LogP contribution is -2.61. The number of carbonyl (C=O) groups excluding carboxylic acids is 1. The van der Waals surface area contributed by atoms with Gasteiger partial charge in [-0.05, 0) is 29.9 Å². The number of fused-ring (bicyclic) bond motifs is 1. The van der Waals surface area contributed by atoms with Gasteiger partial charge in [0.05, 0.1) is 30.6 Å². The van der Waals surface area contributed by atoms with Gasteiger partial charge >= 0.3 is 0 Å². The molecule has 7 heteroatoms. The summed E-state index contributed by atoms with van der Waals surface area (Å²) in [5, 5.41) is 9.12. The van der Waals surface area contributed by atoms with Gasteiger partial charge in [-0.25, -0.2) is 8.42 Å². The van der Waals surface area contributed by atoms with E-state index in [0.717, 1.165) is 24.2 Å². The first-order chi connectivity index (χ1) is 12.4. The molecule has 1 aromatic carbocycles. The number of hydrogen-bond donors (Lipinski definition) is 1. The van der Waals surface area contributed by atoms with Gasteiger partial charge in [-0.3, -0.25) is 9.69 Å². The molecule has 2 heterocycles. The van der Waals surface area contributed by atoms with Crippen molar-refractivity contribution in [3.63, 3.8) is 0 Å². The zero-order chi connectivity index (χ0) is 18.3. The molecule has 6 nitrogen and oxygen atoms in total. The van der Waals surface area contributed by atoms with Gasteiger partial charge in [-0.2, -0.15) is 0 Å². The van der Waals surface area contributed by atoms with Gasteiger partial charge in [0, 0.05) is 25.7 Å². The summed E-state index contributed by atoms with van der Waals surface area (Å²) in [6.45, 7) is 2.33. The summed E-state index contributed by atoms with van der Waals surface area (Å²) in [5.41, 5.74) is 1.71. The number of benzene rings is 1. The molecule has 0 radical (unpaired) electrons. The lowest BCUT2D eigenvalue weighted by atomic mass is 10.0. The van der Waals surface area contributed by atoms with Crippen molar-refractivity contribution in [2.75, 3.05) is 31.1 Å². The Kier molecular flexibility index (Phi) is 4.79. The van der Waals surface area contributed by atoms with E-state index in [4.69, 9.17) is 5.11 Å². The molecule has 4 rings (SSSR count). The van der Waals surface area contributed by atoms with E-state index in [2.05, 4.69) is 4.90 Å². The van der Waals surface area contributed by atoms with Gasteiger partial charge in [0.25, 0.3) is 0 Å². The fourth-order valence-electron chi connectivity index (χ4n) is 4.23. The third-order valence-electron chi connectivity index (χ3n) is 5.86. The standard InChI is InChI=1S/C19H26N2O4S/c22-11-16-5-1-14(2-6-16)9-19(23)21-8-7-20(10-15-3-4-15)17-12-26(24,25)13-18(17)21/h1-2,5-6,15,17-18,22H,3-4,7-13H2/t17-,18+/m1/s1. The zero-order valence-corrected chi connectivity index (χ0v) is 15.7. The molecule has 1 saturated carbocycles. The summed E-state index contributed by atoms with van der Waals surface area (Å²) >= 11 is 0. The van der Waals surface area contributed by atoms with Crippen LogP contribution in [-0.2, 0) is 27.7 Å². The molecular formula is C19H26N2O4S. The molecule has 0 aromatic heterocycles. The number of rotatable bonds is 5. The number of amides is 1. The van der Waals surface area contributed by atoms with Gasteiger partial charge < -0.3 is 10.0 Å². The van der Waals surface area contributed by atoms with E-state index in [0.29, 0.717) is 12.5 Å². The van der Waals surface area contributed by atoms with Crippen LogP contribution >= 0.6 is 0 Å². The van der Waals surface area contributed by atoms with Crippen LogP contribution in [0.25, 0.3) is 0 Å². The monoisotopic (exact) mass is 378 g/mol. The summed E-state index contributed by atoms with van der Waals surface area (Å²) in [5.74, 6) is 0.985. The zero-order valence-electron chi connectivity index (χ0n) is 14.9. The van der Waals surface area contributed by atoms with E-state index >= 15 is 0 Å².